The fourth-order valence-corrected chi connectivity index (χ4v) is 1.82. The number of hydrogen-bond acceptors (Lipinski definition) is 6. The molecule has 7 heteroatoms. The third-order valence-corrected chi connectivity index (χ3v) is 3.06. The summed E-state index contributed by atoms with van der Waals surface area (Å²) in [4.78, 5) is 34.9. The van der Waals surface area contributed by atoms with Gasteiger partial charge in [0.15, 0.2) is 17.5 Å². The van der Waals surface area contributed by atoms with E-state index in [4.69, 9.17) is 10.00 Å². The highest BCUT2D eigenvalue weighted by molar-refractivity contribution is 6.15. The number of ketones is 2. The molecule has 0 saturated carbocycles. The molecule has 0 amide bonds. The van der Waals surface area contributed by atoms with Crippen LogP contribution in [0.5, 0.6) is 5.75 Å². The molecule has 0 radical (unpaired) electrons. The van der Waals surface area contributed by atoms with E-state index in [0.717, 1.165) is 6.07 Å². The molecule has 0 N–H and O–H groups in total. The van der Waals surface area contributed by atoms with Crippen LogP contribution in [-0.2, 0) is 4.79 Å². The molecule has 0 saturated heterocycles. The molecule has 1 unspecified atom stereocenters. The van der Waals surface area contributed by atoms with E-state index >= 15 is 0 Å². The monoisotopic (exact) mass is 304 g/mol. The molecule has 0 aliphatic carbocycles. The zero-order chi connectivity index (χ0) is 17.1. The fraction of sp³-hybridized carbons (Fsp3) is 0.400. The van der Waals surface area contributed by atoms with Gasteiger partial charge in [-0.25, -0.2) is 0 Å². The molecule has 0 heterocycles. The van der Waals surface area contributed by atoms with E-state index < -0.39 is 33.5 Å². The molecule has 1 rings (SSSR count). The van der Waals surface area contributed by atoms with Crippen molar-refractivity contribution in [3.8, 4) is 11.8 Å². The van der Waals surface area contributed by atoms with E-state index in [1.807, 2.05) is 0 Å². The minimum Gasteiger partial charge on any atom is -0.497 e. The van der Waals surface area contributed by atoms with E-state index in [0.29, 0.717) is 0 Å². The maximum atomic E-state index is 12.4. The first-order chi connectivity index (χ1) is 10.1. The largest absolute Gasteiger partial charge is 0.497 e. The topological polar surface area (TPSA) is 110 Å². The van der Waals surface area contributed by atoms with Gasteiger partial charge in [0.2, 0.25) is 0 Å². The van der Waals surface area contributed by atoms with Crippen LogP contribution < -0.4 is 4.74 Å². The number of carbonyl (C=O) groups is 2. The molecule has 0 aromatic heterocycles. The van der Waals surface area contributed by atoms with Crippen LogP contribution in [0.1, 0.15) is 31.1 Å². The van der Waals surface area contributed by atoms with Crippen molar-refractivity contribution in [3.05, 3.63) is 33.9 Å². The lowest BCUT2D eigenvalue weighted by Crippen LogP contribution is -2.33. The summed E-state index contributed by atoms with van der Waals surface area (Å²) in [5.41, 5.74) is -1.68. The van der Waals surface area contributed by atoms with Gasteiger partial charge in [0, 0.05) is 5.41 Å². The number of carbonyl (C=O) groups excluding carboxylic acids is 2. The van der Waals surface area contributed by atoms with Gasteiger partial charge in [0.1, 0.15) is 5.75 Å². The van der Waals surface area contributed by atoms with Crippen molar-refractivity contribution in [2.24, 2.45) is 11.3 Å². The molecular formula is C15H16N2O5. The average Bonchev–Trinajstić information content (AvgIpc) is 2.45. The zero-order valence-electron chi connectivity index (χ0n) is 12.7. The molecule has 1 aromatic rings. The van der Waals surface area contributed by atoms with Crippen molar-refractivity contribution in [2.45, 2.75) is 20.8 Å². The van der Waals surface area contributed by atoms with Gasteiger partial charge in [-0.2, -0.15) is 5.26 Å². The van der Waals surface area contributed by atoms with Crippen LogP contribution in [0.25, 0.3) is 0 Å². The van der Waals surface area contributed by atoms with Crippen LogP contribution in [-0.4, -0.2) is 23.6 Å². The summed E-state index contributed by atoms with van der Waals surface area (Å²) in [5, 5.41) is 20.2. The summed E-state index contributed by atoms with van der Waals surface area (Å²) in [5.74, 6) is -2.83. The Kier molecular flexibility index (Phi) is 4.99. The number of rotatable bonds is 5. The van der Waals surface area contributed by atoms with Gasteiger partial charge in [-0.3, -0.25) is 19.7 Å². The molecule has 0 bridgehead atoms. The Morgan fingerprint density at radius 2 is 1.95 bits per heavy atom. The second kappa shape index (κ2) is 6.35. The molecule has 7 nitrogen and oxygen atoms in total. The van der Waals surface area contributed by atoms with Gasteiger partial charge >= 0.3 is 0 Å². The first-order valence-corrected chi connectivity index (χ1v) is 6.44. The van der Waals surface area contributed by atoms with E-state index in [1.165, 1.54) is 19.2 Å². The summed E-state index contributed by atoms with van der Waals surface area (Å²) in [6.07, 6.45) is 0. The number of nitrogens with zero attached hydrogens (tertiary/aromatic N) is 2. The molecule has 1 aromatic carbocycles. The zero-order valence-corrected chi connectivity index (χ0v) is 12.7. The first-order valence-electron chi connectivity index (χ1n) is 6.44. The summed E-state index contributed by atoms with van der Waals surface area (Å²) in [6.45, 7) is 4.74. The molecule has 0 fully saturated rings. The SMILES string of the molecule is COc1ccc(C(=O)C(C#N)C(=O)C(C)(C)C)c([N+](=O)[O-])c1. The maximum Gasteiger partial charge on any atom is 0.283 e. The molecular weight excluding hydrogens is 288 g/mol. The van der Waals surface area contributed by atoms with Gasteiger partial charge in [-0.1, -0.05) is 20.8 Å². The number of nitriles is 1. The van der Waals surface area contributed by atoms with Gasteiger partial charge in [-0.05, 0) is 12.1 Å². The van der Waals surface area contributed by atoms with Gasteiger partial charge in [0.05, 0.1) is 29.7 Å². The van der Waals surface area contributed by atoms with E-state index in [2.05, 4.69) is 0 Å². The highest BCUT2D eigenvalue weighted by Crippen LogP contribution is 2.29. The van der Waals surface area contributed by atoms with Crippen molar-refractivity contribution < 1.29 is 19.2 Å². The standard InChI is InChI=1S/C15H16N2O5/c1-15(2,3)14(19)11(8-16)13(18)10-6-5-9(22-4)7-12(10)17(20)21/h5-7,11H,1-4H3. The number of hydrogen-bond donors (Lipinski definition) is 0. The first kappa shape index (κ1) is 17.3. The number of nitro groups is 1. The van der Waals surface area contributed by atoms with Crippen LogP contribution in [0.2, 0.25) is 0 Å². The maximum absolute atomic E-state index is 12.4. The van der Waals surface area contributed by atoms with Crippen LogP contribution in [0.4, 0.5) is 5.69 Å². The Bertz CT molecular complexity index is 667. The lowest BCUT2D eigenvalue weighted by Gasteiger charge is -2.19. The predicted octanol–water partition coefficient (Wildman–Crippen LogP) is 2.54. The Labute approximate surface area is 127 Å². The summed E-state index contributed by atoms with van der Waals surface area (Å²) in [6, 6.07) is 5.30. The van der Waals surface area contributed by atoms with Gasteiger partial charge < -0.3 is 4.74 Å². The second-order valence-electron chi connectivity index (χ2n) is 5.68. The fourth-order valence-electron chi connectivity index (χ4n) is 1.82. The number of methoxy groups -OCH3 is 1. The minimum absolute atomic E-state index is 0.207. The van der Waals surface area contributed by atoms with Crippen LogP contribution in [0, 0.1) is 32.8 Å². The normalized spacial score (nSPS) is 12.1. The van der Waals surface area contributed by atoms with Crippen molar-refractivity contribution in [1.29, 1.82) is 5.26 Å². The van der Waals surface area contributed by atoms with Crippen LogP contribution in [0.15, 0.2) is 18.2 Å². The lowest BCUT2D eigenvalue weighted by molar-refractivity contribution is -0.385. The van der Waals surface area contributed by atoms with Crippen molar-refractivity contribution in [2.75, 3.05) is 7.11 Å². The van der Waals surface area contributed by atoms with Crippen LogP contribution >= 0.6 is 0 Å². The summed E-state index contributed by atoms with van der Waals surface area (Å²) >= 11 is 0. The molecule has 116 valence electrons. The van der Waals surface area contributed by atoms with Gasteiger partial charge in [0.25, 0.3) is 5.69 Å². The predicted molar refractivity (Wildman–Crippen MR) is 77.5 cm³/mol. The lowest BCUT2D eigenvalue weighted by atomic mass is 9.80. The quantitative estimate of drug-likeness (QED) is 0.358. The number of ether oxygens (including phenoxy) is 1. The van der Waals surface area contributed by atoms with Crippen molar-refractivity contribution in [1.82, 2.24) is 0 Å². The molecule has 0 aliphatic heterocycles. The number of benzene rings is 1. The van der Waals surface area contributed by atoms with E-state index in [9.17, 15) is 19.7 Å². The minimum atomic E-state index is -1.58. The van der Waals surface area contributed by atoms with Crippen molar-refractivity contribution >= 4 is 17.3 Å². The smallest absolute Gasteiger partial charge is 0.283 e. The van der Waals surface area contributed by atoms with Crippen LogP contribution in [0.3, 0.4) is 0 Å². The highest BCUT2D eigenvalue weighted by atomic mass is 16.6. The molecule has 0 spiro atoms. The molecule has 0 aliphatic rings. The third-order valence-electron chi connectivity index (χ3n) is 3.06. The Balaban J connectivity index is 3.36. The highest BCUT2D eigenvalue weighted by Gasteiger charge is 2.37. The number of nitro benzene ring substituents is 1. The van der Waals surface area contributed by atoms with Gasteiger partial charge in [-0.15, -0.1) is 0 Å². The Morgan fingerprint density at radius 3 is 2.36 bits per heavy atom. The second-order valence-corrected chi connectivity index (χ2v) is 5.68. The van der Waals surface area contributed by atoms with E-state index in [1.54, 1.807) is 26.8 Å². The van der Waals surface area contributed by atoms with E-state index in [-0.39, 0.29) is 11.3 Å². The molecule has 1 atom stereocenters. The number of Topliss-reactive ketones (excluding diaryl/α,β-unsaturated/α-hetero) is 2. The third kappa shape index (κ3) is 3.47. The molecule has 22 heavy (non-hydrogen) atoms. The average molecular weight is 304 g/mol. The summed E-state index contributed by atoms with van der Waals surface area (Å²) in [7, 11) is 1.34. The Morgan fingerprint density at radius 1 is 1.36 bits per heavy atom. The Hall–Kier alpha value is -2.75. The van der Waals surface area contributed by atoms with Crippen molar-refractivity contribution in [3.63, 3.8) is 0 Å². The summed E-state index contributed by atoms with van der Waals surface area (Å²) < 4.78 is 4.88.